The lowest BCUT2D eigenvalue weighted by Crippen LogP contribution is -2.50. The zero-order valence-corrected chi connectivity index (χ0v) is 26.9. The van der Waals surface area contributed by atoms with Crippen LogP contribution >= 0.6 is 0 Å². The molecule has 4 heterocycles. The molecule has 6 rings (SSSR count). The number of sulfonamides is 1. The summed E-state index contributed by atoms with van der Waals surface area (Å²) in [4.78, 5) is 17.9. The normalized spacial score (nSPS) is 23.4. The minimum Gasteiger partial charge on any atom is -0.490 e. The molecule has 1 aromatic heterocycles. The van der Waals surface area contributed by atoms with E-state index in [9.17, 15) is 26.4 Å². The maximum atomic E-state index is 13.8. The van der Waals surface area contributed by atoms with E-state index in [1.807, 2.05) is 42.7 Å². The number of hydrogen-bond acceptors (Lipinski definition) is 5. The maximum absolute atomic E-state index is 13.8. The van der Waals surface area contributed by atoms with Gasteiger partial charge >= 0.3 is 6.18 Å². The van der Waals surface area contributed by atoms with Crippen molar-refractivity contribution in [2.45, 2.75) is 94.7 Å². The first-order valence-electron chi connectivity index (χ1n) is 15.8. The number of rotatable bonds is 7. The van der Waals surface area contributed by atoms with E-state index in [1.165, 1.54) is 17.1 Å². The number of halogens is 3. The van der Waals surface area contributed by atoms with Gasteiger partial charge in [-0.3, -0.25) is 9.69 Å². The quantitative estimate of drug-likeness (QED) is 0.307. The number of aromatic nitrogens is 1. The second-order valence-corrected chi connectivity index (χ2v) is 15.0. The van der Waals surface area contributed by atoms with Crippen molar-refractivity contribution in [3.05, 3.63) is 59.8 Å². The molecule has 0 saturated carbocycles. The van der Waals surface area contributed by atoms with Crippen molar-refractivity contribution in [3.63, 3.8) is 0 Å². The largest absolute Gasteiger partial charge is 0.490 e. The molecule has 2 aromatic carbocycles. The summed E-state index contributed by atoms with van der Waals surface area (Å²) in [6.07, 6.45) is 0.0954. The third-order valence-electron chi connectivity index (χ3n) is 9.54. The molecule has 3 saturated heterocycles. The Bertz CT molecular complexity index is 1650. The fraction of sp³-hybridized carbons (Fsp3) is 0.545. The molecule has 244 valence electrons. The van der Waals surface area contributed by atoms with E-state index in [1.54, 1.807) is 4.90 Å². The minimum atomic E-state index is -4.55. The van der Waals surface area contributed by atoms with E-state index < -0.39 is 21.8 Å². The highest BCUT2D eigenvalue weighted by atomic mass is 32.2. The zero-order valence-electron chi connectivity index (χ0n) is 26.1. The van der Waals surface area contributed by atoms with Crippen LogP contribution in [0.1, 0.15) is 75.5 Å². The van der Waals surface area contributed by atoms with Crippen LogP contribution < -0.4 is 4.74 Å². The highest BCUT2D eigenvalue weighted by Gasteiger charge is 2.42. The summed E-state index contributed by atoms with van der Waals surface area (Å²) >= 11 is 0. The number of ether oxygens (including phenoxy) is 1. The fourth-order valence-electron chi connectivity index (χ4n) is 7.56. The predicted molar refractivity (Wildman–Crippen MR) is 166 cm³/mol. The molecule has 3 aromatic rings. The first kappa shape index (κ1) is 31.9. The molecular formula is C33H41F3N4O4S. The number of carbonyl (C=O) groups is 1. The Morgan fingerprint density at radius 2 is 1.49 bits per heavy atom. The number of amides is 1. The van der Waals surface area contributed by atoms with Gasteiger partial charge in [0.2, 0.25) is 10.0 Å². The molecule has 12 heteroatoms. The first-order valence-corrected chi connectivity index (χ1v) is 17.2. The van der Waals surface area contributed by atoms with E-state index in [-0.39, 0.29) is 49.1 Å². The second-order valence-electron chi connectivity index (χ2n) is 13.1. The molecule has 8 nitrogen and oxygen atoms in total. The second kappa shape index (κ2) is 11.9. The summed E-state index contributed by atoms with van der Waals surface area (Å²) < 4.78 is 74.9. The van der Waals surface area contributed by atoms with Crippen molar-refractivity contribution in [2.24, 2.45) is 0 Å². The van der Waals surface area contributed by atoms with Crippen molar-refractivity contribution >= 4 is 26.8 Å². The number of carbonyl (C=O) groups excluding carboxylic acids is 1. The van der Waals surface area contributed by atoms with Gasteiger partial charge in [-0.15, -0.1) is 0 Å². The van der Waals surface area contributed by atoms with Crippen molar-refractivity contribution in [1.29, 1.82) is 0 Å². The Hall–Kier alpha value is -3.09. The monoisotopic (exact) mass is 646 g/mol. The van der Waals surface area contributed by atoms with Gasteiger partial charge in [-0.2, -0.15) is 17.5 Å². The topological polar surface area (TPSA) is 75.1 Å². The predicted octanol–water partition coefficient (Wildman–Crippen LogP) is 6.17. The lowest BCUT2D eigenvalue weighted by Gasteiger charge is -2.41. The third-order valence-corrected chi connectivity index (χ3v) is 11.4. The average Bonchev–Trinajstić information content (AvgIpc) is 3.51. The average molecular weight is 647 g/mol. The summed E-state index contributed by atoms with van der Waals surface area (Å²) in [7, 11) is -4.00. The van der Waals surface area contributed by atoms with E-state index in [0.29, 0.717) is 23.8 Å². The van der Waals surface area contributed by atoms with Gasteiger partial charge in [-0.05, 0) is 102 Å². The number of piperazine rings is 1. The van der Waals surface area contributed by atoms with E-state index >= 15 is 0 Å². The molecule has 2 bridgehead atoms. The van der Waals surface area contributed by atoms with Crippen LogP contribution in [0.3, 0.4) is 0 Å². The molecular weight excluding hydrogens is 605 g/mol. The number of alkyl halides is 3. The van der Waals surface area contributed by atoms with Gasteiger partial charge in [-0.25, -0.2) is 8.42 Å². The summed E-state index contributed by atoms with van der Waals surface area (Å²) in [6, 6.07) is 13.1. The van der Waals surface area contributed by atoms with E-state index in [4.69, 9.17) is 4.74 Å². The van der Waals surface area contributed by atoms with Crippen molar-refractivity contribution < 1.29 is 31.1 Å². The number of nitrogens with zero attached hydrogens (tertiary/aromatic N) is 4. The molecule has 0 N–H and O–H groups in total. The molecule has 3 atom stereocenters. The Kier molecular flexibility index (Phi) is 8.45. The number of hydrogen-bond donors (Lipinski definition) is 0. The zero-order chi connectivity index (χ0) is 32.3. The van der Waals surface area contributed by atoms with Gasteiger partial charge in [0.05, 0.1) is 10.5 Å². The van der Waals surface area contributed by atoms with Crippen molar-refractivity contribution in [3.8, 4) is 5.75 Å². The Labute approximate surface area is 262 Å². The fourth-order valence-corrected chi connectivity index (χ4v) is 8.98. The molecule has 0 spiro atoms. The van der Waals surface area contributed by atoms with Crippen LogP contribution in [-0.4, -0.2) is 83.4 Å². The lowest BCUT2D eigenvalue weighted by atomic mass is 9.98. The molecule has 3 fully saturated rings. The van der Waals surface area contributed by atoms with Crippen LogP contribution in [-0.2, 0) is 16.2 Å². The summed E-state index contributed by atoms with van der Waals surface area (Å²) in [5, 5.41) is 0.913. The standard InChI is InChI=1S/C33H41F3N4O4S/c1-21(2)39-25-7-8-26(39)20-28(19-25)44-27-9-12-30-23(17-27)18-31(40(30)22(3)4)32(41)37-13-15-38(16-14-37)45(42,43)29-10-5-24(6-11-29)33(34,35)36/h5-6,9-12,17-18,21-22,25-26,28H,7-8,13-16,19-20H2,1-4H3/t25-,26+,28?. The SMILES string of the molecule is CC(C)N1[C@@H]2CC[C@H]1CC(Oc1ccc3c(c1)cc(C(=O)N1CCN(S(=O)(=O)c4ccc(C(F)(F)F)cc4)CC1)n3C(C)C)C2. The molecule has 1 unspecified atom stereocenters. The van der Waals surface area contributed by atoms with Crippen molar-refractivity contribution in [1.82, 2.24) is 18.7 Å². The van der Waals surface area contributed by atoms with Crippen molar-refractivity contribution in [2.75, 3.05) is 26.2 Å². The van der Waals surface area contributed by atoms with Gasteiger partial charge < -0.3 is 14.2 Å². The number of piperidine rings is 1. The molecule has 45 heavy (non-hydrogen) atoms. The maximum Gasteiger partial charge on any atom is 0.416 e. The molecule has 1 amide bonds. The molecule has 3 aliphatic rings. The van der Waals surface area contributed by atoms with Gasteiger partial charge in [0.15, 0.2) is 0 Å². The molecule has 0 aliphatic carbocycles. The third kappa shape index (κ3) is 6.08. The first-order chi connectivity index (χ1) is 21.2. The summed E-state index contributed by atoms with van der Waals surface area (Å²) in [5.74, 6) is 0.610. The van der Waals surface area contributed by atoms with Crippen LogP contribution in [0.4, 0.5) is 13.2 Å². The van der Waals surface area contributed by atoms with Crippen LogP contribution in [0.5, 0.6) is 5.75 Å². The van der Waals surface area contributed by atoms with Gasteiger partial charge in [0.1, 0.15) is 17.5 Å². The summed E-state index contributed by atoms with van der Waals surface area (Å²) in [5.41, 5.74) is 0.549. The highest BCUT2D eigenvalue weighted by Crippen LogP contribution is 2.39. The Morgan fingerprint density at radius 1 is 0.867 bits per heavy atom. The summed E-state index contributed by atoms with van der Waals surface area (Å²) in [6.45, 7) is 9.02. The Balaban J connectivity index is 1.15. The van der Waals surface area contributed by atoms with E-state index in [0.717, 1.165) is 53.8 Å². The lowest BCUT2D eigenvalue weighted by molar-refractivity contribution is -0.137. The molecule has 3 aliphatic heterocycles. The van der Waals surface area contributed by atoms with Gasteiger partial charge in [0, 0.05) is 61.2 Å². The number of benzene rings is 2. The van der Waals surface area contributed by atoms with Crippen LogP contribution in [0.15, 0.2) is 53.4 Å². The van der Waals surface area contributed by atoms with Gasteiger partial charge in [-0.1, -0.05) is 0 Å². The number of fused-ring (bicyclic) bond motifs is 3. The van der Waals surface area contributed by atoms with Crippen LogP contribution in [0.25, 0.3) is 10.9 Å². The highest BCUT2D eigenvalue weighted by molar-refractivity contribution is 7.89. The molecule has 0 radical (unpaired) electrons. The van der Waals surface area contributed by atoms with Gasteiger partial charge in [0.25, 0.3) is 5.91 Å². The van der Waals surface area contributed by atoms with Crippen LogP contribution in [0, 0.1) is 0 Å². The smallest absolute Gasteiger partial charge is 0.416 e. The van der Waals surface area contributed by atoms with E-state index in [2.05, 4.69) is 18.7 Å². The Morgan fingerprint density at radius 3 is 2.04 bits per heavy atom. The van der Waals surface area contributed by atoms with Crippen LogP contribution in [0.2, 0.25) is 0 Å². The minimum absolute atomic E-state index is 0.00513.